The zero-order chi connectivity index (χ0) is 11.9. The van der Waals surface area contributed by atoms with E-state index in [0.29, 0.717) is 13.2 Å². The lowest BCUT2D eigenvalue weighted by Gasteiger charge is -2.31. The van der Waals surface area contributed by atoms with Gasteiger partial charge in [0.1, 0.15) is 5.88 Å². The smallest absolute Gasteiger partial charge is 0.297 e. The third-order valence-corrected chi connectivity index (χ3v) is 2.00. The summed E-state index contributed by atoms with van der Waals surface area (Å²) >= 11 is 22.4. The molecular weight excluding hydrogens is 286 g/mol. The van der Waals surface area contributed by atoms with Crippen molar-refractivity contribution in [3.05, 3.63) is 0 Å². The van der Waals surface area contributed by atoms with E-state index in [0.717, 1.165) is 0 Å². The fraction of sp³-hybridized carbons (Fsp3) is 1.00. The largest absolute Gasteiger partial charge is 0.327 e. The van der Waals surface area contributed by atoms with Gasteiger partial charge in [0.15, 0.2) is 0 Å². The number of hydrogen-bond acceptors (Lipinski definition) is 3. The quantitative estimate of drug-likeness (QED) is 0.533. The van der Waals surface area contributed by atoms with Crippen molar-refractivity contribution < 1.29 is 14.2 Å². The first-order chi connectivity index (χ1) is 6.89. The van der Waals surface area contributed by atoms with Gasteiger partial charge in [0.2, 0.25) is 3.79 Å². The molecule has 0 aliphatic rings. The topological polar surface area (TPSA) is 27.7 Å². The molecule has 0 amide bonds. The summed E-state index contributed by atoms with van der Waals surface area (Å²) in [6, 6.07) is 0. The van der Waals surface area contributed by atoms with E-state index >= 15 is 0 Å². The second kappa shape index (κ2) is 7.38. The van der Waals surface area contributed by atoms with Crippen molar-refractivity contribution >= 4 is 46.4 Å². The van der Waals surface area contributed by atoms with E-state index in [1.165, 1.54) is 0 Å². The first kappa shape index (κ1) is 16.0. The Morgan fingerprint density at radius 2 is 1.40 bits per heavy atom. The van der Waals surface area contributed by atoms with Gasteiger partial charge in [-0.1, -0.05) is 34.8 Å². The van der Waals surface area contributed by atoms with Crippen molar-refractivity contribution in [2.75, 3.05) is 25.7 Å². The normalized spacial score (nSPS) is 13.2. The number of alkyl halides is 4. The molecule has 0 N–H and O–H groups in total. The molecule has 0 heterocycles. The molecule has 15 heavy (non-hydrogen) atoms. The molecule has 0 aromatic carbocycles. The van der Waals surface area contributed by atoms with Gasteiger partial charge in [-0.2, -0.15) is 0 Å². The first-order valence-corrected chi connectivity index (χ1v) is 6.10. The summed E-state index contributed by atoms with van der Waals surface area (Å²) in [6.45, 7) is 4.18. The highest BCUT2D eigenvalue weighted by atomic mass is 35.6. The minimum absolute atomic E-state index is 0.00454. The van der Waals surface area contributed by atoms with Gasteiger partial charge >= 0.3 is 0 Å². The van der Waals surface area contributed by atoms with Crippen LogP contribution in [0.1, 0.15) is 13.8 Å². The van der Waals surface area contributed by atoms with Crippen LogP contribution in [0.2, 0.25) is 0 Å². The van der Waals surface area contributed by atoms with Crippen LogP contribution in [0, 0.1) is 0 Å². The molecule has 0 spiro atoms. The van der Waals surface area contributed by atoms with Crippen LogP contribution in [0.15, 0.2) is 0 Å². The highest BCUT2D eigenvalue weighted by Gasteiger charge is 2.35. The van der Waals surface area contributed by atoms with Crippen LogP contribution in [-0.4, -0.2) is 35.5 Å². The molecule has 0 aliphatic carbocycles. The summed E-state index contributed by atoms with van der Waals surface area (Å²) in [5, 5.41) is 0. The Hall–Kier alpha value is 1.04. The van der Waals surface area contributed by atoms with E-state index < -0.39 is 9.77 Å². The number of halogens is 4. The fourth-order valence-corrected chi connectivity index (χ4v) is 1.27. The minimum Gasteiger partial charge on any atom is -0.327 e. The van der Waals surface area contributed by atoms with E-state index in [-0.39, 0.29) is 12.5 Å². The highest BCUT2D eigenvalue weighted by molar-refractivity contribution is 6.67. The molecule has 0 fully saturated rings. The van der Waals surface area contributed by atoms with Crippen LogP contribution in [0.25, 0.3) is 0 Å². The van der Waals surface area contributed by atoms with Crippen molar-refractivity contribution in [3.8, 4) is 0 Å². The zero-order valence-electron chi connectivity index (χ0n) is 8.57. The van der Waals surface area contributed by atoms with Crippen LogP contribution < -0.4 is 0 Å². The predicted molar refractivity (Wildman–Crippen MR) is 62.9 cm³/mol. The second-order valence-electron chi connectivity index (χ2n) is 2.59. The van der Waals surface area contributed by atoms with Crippen LogP contribution in [0.3, 0.4) is 0 Å². The van der Waals surface area contributed by atoms with E-state index in [2.05, 4.69) is 0 Å². The van der Waals surface area contributed by atoms with E-state index in [4.69, 9.17) is 60.6 Å². The van der Waals surface area contributed by atoms with Gasteiger partial charge in [-0.15, -0.1) is 11.6 Å². The lowest BCUT2D eigenvalue weighted by atomic mass is 10.6. The molecular formula is C8H14Cl4O3. The maximum Gasteiger partial charge on any atom is 0.297 e. The van der Waals surface area contributed by atoms with Gasteiger partial charge in [0, 0.05) is 13.2 Å². The molecule has 0 unspecified atom stereocenters. The molecule has 0 aromatic heterocycles. The number of hydrogen-bond donors (Lipinski definition) is 0. The third kappa shape index (κ3) is 7.05. The van der Waals surface area contributed by atoms with E-state index in [9.17, 15) is 0 Å². The molecule has 0 rings (SSSR count). The Labute approximate surface area is 110 Å². The van der Waals surface area contributed by atoms with Crippen molar-refractivity contribution in [2.45, 2.75) is 23.6 Å². The van der Waals surface area contributed by atoms with Crippen LogP contribution in [-0.2, 0) is 14.2 Å². The Morgan fingerprint density at radius 1 is 0.933 bits per heavy atom. The molecule has 0 saturated carbocycles. The van der Waals surface area contributed by atoms with E-state index in [1.54, 1.807) is 13.8 Å². The zero-order valence-corrected chi connectivity index (χ0v) is 11.6. The van der Waals surface area contributed by atoms with Gasteiger partial charge in [-0.3, -0.25) is 0 Å². The maximum atomic E-state index is 5.71. The van der Waals surface area contributed by atoms with Crippen LogP contribution in [0.4, 0.5) is 0 Å². The summed E-state index contributed by atoms with van der Waals surface area (Å²) in [7, 11) is 0. The van der Waals surface area contributed by atoms with E-state index in [1.807, 2.05) is 0 Å². The van der Waals surface area contributed by atoms with Crippen LogP contribution >= 0.6 is 46.4 Å². The van der Waals surface area contributed by atoms with Gasteiger partial charge in [-0.25, -0.2) is 0 Å². The lowest BCUT2D eigenvalue weighted by molar-refractivity contribution is -0.364. The molecule has 0 atom stereocenters. The monoisotopic (exact) mass is 298 g/mol. The first-order valence-electron chi connectivity index (χ1n) is 4.43. The molecule has 0 saturated heterocycles. The Morgan fingerprint density at radius 3 is 1.67 bits per heavy atom. The lowest BCUT2D eigenvalue weighted by Crippen LogP contribution is -2.43. The number of rotatable bonds is 7. The van der Waals surface area contributed by atoms with Crippen molar-refractivity contribution in [1.82, 2.24) is 0 Å². The summed E-state index contributed by atoms with van der Waals surface area (Å²) in [5.74, 6) is -1.34. The standard InChI is InChI=1S/C8H14Cl4O3/c1-3-13-8(5-9,14-4-2)15-6-7(10,11)12/h3-6H2,1-2H3. The molecule has 7 heteroatoms. The van der Waals surface area contributed by atoms with Crippen molar-refractivity contribution in [1.29, 1.82) is 0 Å². The SMILES string of the molecule is CCOC(CCl)(OCC)OCC(Cl)(Cl)Cl. The minimum atomic E-state index is -1.52. The van der Waals surface area contributed by atoms with Gasteiger partial charge in [0.05, 0.1) is 6.61 Å². The number of ether oxygens (including phenoxy) is 3. The van der Waals surface area contributed by atoms with Crippen molar-refractivity contribution in [2.24, 2.45) is 0 Å². The van der Waals surface area contributed by atoms with Crippen LogP contribution in [0.5, 0.6) is 0 Å². The van der Waals surface area contributed by atoms with Gasteiger partial charge < -0.3 is 14.2 Å². The molecule has 0 aliphatic heterocycles. The summed E-state index contributed by atoms with van der Waals surface area (Å²) in [6.07, 6.45) is 0. The molecule has 3 nitrogen and oxygen atoms in total. The Bertz CT molecular complexity index is 166. The summed E-state index contributed by atoms with van der Waals surface area (Å²) < 4.78 is 14.3. The second-order valence-corrected chi connectivity index (χ2v) is 5.37. The average Bonchev–Trinajstić information content (AvgIpc) is 2.14. The van der Waals surface area contributed by atoms with Gasteiger partial charge in [0.25, 0.3) is 5.97 Å². The third-order valence-electron chi connectivity index (χ3n) is 1.35. The highest BCUT2D eigenvalue weighted by Crippen LogP contribution is 2.29. The van der Waals surface area contributed by atoms with Crippen molar-refractivity contribution in [3.63, 3.8) is 0 Å². The van der Waals surface area contributed by atoms with Gasteiger partial charge in [-0.05, 0) is 13.8 Å². The average molecular weight is 300 g/mol. The summed E-state index contributed by atoms with van der Waals surface area (Å²) in [4.78, 5) is 0. The molecule has 0 radical (unpaired) electrons. The Balaban J connectivity index is 4.33. The Kier molecular flexibility index (Phi) is 7.89. The molecule has 0 aromatic rings. The molecule has 0 bridgehead atoms. The fourth-order valence-electron chi connectivity index (χ4n) is 0.872. The maximum absolute atomic E-state index is 5.71. The molecule has 92 valence electrons. The predicted octanol–water partition coefficient (Wildman–Crippen LogP) is 3.34. The summed E-state index contributed by atoms with van der Waals surface area (Å²) in [5.41, 5.74) is 0.